The van der Waals surface area contributed by atoms with Crippen LogP contribution in [-0.2, 0) is 4.79 Å². The second-order valence-corrected chi connectivity index (χ2v) is 8.13. The maximum Gasteiger partial charge on any atom is 0.315 e. The van der Waals surface area contributed by atoms with Crippen molar-refractivity contribution >= 4 is 40.3 Å². The van der Waals surface area contributed by atoms with Gasteiger partial charge < -0.3 is 9.84 Å². The molecule has 1 fully saturated rings. The Morgan fingerprint density at radius 2 is 2.00 bits per heavy atom. The van der Waals surface area contributed by atoms with E-state index in [1.807, 2.05) is 45.0 Å². The number of phenolic OH excluding ortho intramolecular Hbond substituents is 1. The second kappa shape index (κ2) is 9.22. The van der Waals surface area contributed by atoms with Crippen molar-refractivity contribution in [3.63, 3.8) is 0 Å². The fourth-order valence-corrected chi connectivity index (χ4v) is 4.10. The van der Waals surface area contributed by atoms with E-state index in [1.54, 1.807) is 11.0 Å². The summed E-state index contributed by atoms with van der Waals surface area (Å²) in [4.78, 5) is 30.4. The number of nitro benzene ring substituents is 1. The smallest absolute Gasteiger partial charge is 0.315 e. The predicted octanol–water partition coefficient (Wildman–Crippen LogP) is 5.02. The summed E-state index contributed by atoms with van der Waals surface area (Å²) < 4.78 is 5.04. The van der Waals surface area contributed by atoms with Crippen LogP contribution in [0, 0.1) is 17.0 Å². The quantitative estimate of drug-likeness (QED) is 0.383. The van der Waals surface area contributed by atoms with Gasteiger partial charge in [0.05, 0.1) is 22.6 Å². The van der Waals surface area contributed by atoms with Gasteiger partial charge in [-0.2, -0.15) is 0 Å². The van der Waals surface area contributed by atoms with Crippen molar-refractivity contribution in [2.45, 2.75) is 33.2 Å². The van der Waals surface area contributed by atoms with E-state index in [0.29, 0.717) is 15.6 Å². The fraction of sp³-hybridized carbons (Fsp3) is 0.273. The van der Waals surface area contributed by atoms with Crippen molar-refractivity contribution in [2.75, 3.05) is 7.11 Å². The zero-order chi connectivity index (χ0) is 22.7. The number of nitro groups is 1. The fourth-order valence-electron chi connectivity index (χ4n) is 3.01. The molecule has 1 atom stereocenters. The SMILES string of the molecule is CC[C@H](C)N1C(=O)/C(=C\c2cc(OC)c(O)c([N+](=O)[O-])c2)SC1=Nc1ccc(C)cc1. The van der Waals surface area contributed by atoms with Gasteiger partial charge in [0.2, 0.25) is 5.75 Å². The molecule has 9 heteroatoms. The molecule has 31 heavy (non-hydrogen) atoms. The lowest BCUT2D eigenvalue weighted by molar-refractivity contribution is -0.386. The number of rotatable bonds is 6. The number of hydrogen-bond acceptors (Lipinski definition) is 7. The number of nitrogens with zero attached hydrogens (tertiary/aromatic N) is 3. The number of ether oxygens (including phenoxy) is 1. The molecule has 0 spiro atoms. The second-order valence-electron chi connectivity index (χ2n) is 7.12. The molecule has 1 aliphatic heterocycles. The highest BCUT2D eigenvalue weighted by Gasteiger charge is 2.36. The molecule has 0 radical (unpaired) electrons. The van der Waals surface area contributed by atoms with Crippen LogP contribution >= 0.6 is 11.8 Å². The molecule has 8 nitrogen and oxygen atoms in total. The molecular formula is C22H23N3O5S. The third-order valence-corrected chi connectivity index (χ3v) is 5.90. The molecular weight excluding hydrogens is 418 g/mol. The minimum absolute atomic E-state index is 0.0381. The number of aliphatic imine (C=N–C) groups is 1. The zero-order valence-electron chi connectivity index (χ0n) is 17.7. The van der Waals surface area contributed by atoms with Crippen LogP contribution in [0.5, 0.6) is 11.5 Å². The maximum absolute atomic E-state index is 13.1. The molecule has 0 aromatic heterocycles. The van der Waals surface area contributed by atoms with Crippen LogP contribution < -0.4 is 4.74 Å². The van der Waals surface area contributed by atoms with Crippen molar-refractivity contribution in [1.82, 2.24) is 4.90 Å². The molecule has 3 rings (SSSR count). The van der Waals surface area contributed by atoms with Crippen LogP contribution in [0.1, 0.15) is 31.4 Å². The molecule has 0 aliphatic carbocycles. The highest BCUT2D eigenvalue weighted by Crippen LogP contribution is 2.40. The summed E-state index contributed by atoms with van der Waals surface area (Å²) >= 11 is 1.21. The van der Waals surface area contributed by atoms with Crippen LogP contribution in [0.15, 0.2) is 46.3 Å². The minimum Gasteiger partial charge on any atom is -0.500 e. The normalized spacial score (nSPS) is 17.4. The molecule has 1 amide bonds. The Hall–Kier alpha value is -3.33. The third kappa shape index (κ3) is 4.72. The van der Waals surface area contributed by atoms with Crippen LogP contribution in [0.4, 0.5) is 11.4 Å². The van der Waals surface area contributed by atoms with Crippen molar-refractivity contribution < 1.29 is 19.6 Å². The van der Waals surface area contributed by atoms with E-state index < -0.39 is 16.4 Å². The predicted molar refractivity (Wildman–Crippen MR) is 122 cm³/mol. The molecule has 1 saturated heterocycles. The third-order valence-electron chi connectivity index (χ3n) is 4.92. The standard InChI is InChI=1S/C22H23N3O5S/c1-5-14(3)24-21(27)19(31-22(24)23-16-8-6-13(2)7-9-16)12-15-10-17(25(28)29)20(26)18(11-15)30-4/h6-12,14,26H,5H2,1-4H3/b19-12+,23-22?/t14-/m0/s1. The number of benzene rings is 2. The summed E-state index contributed by atoms with van der Waals surface area (Å²) in [6.45, 7) is 5.92. The highest BCUT2D eigenvalue weighted by molar-refractivity contribution is 8.18. The van der Waals surface area contributed by atoms with Gasteiger partial charge in [0.1, 0.15) is 0 Å². The van der Waals surface area contributed by atoms with Gasteiger partial charge >= 0.3 is 5.69 Å². The van der Waals surface area contributed by atoms with Gasteiger partial charge in [-0.05, 0) is 61.9 Å². The molecule has 1 N–H and O–H groups in total. The Morgan fingerprint density at radius 3 is 2.58 bits per heavy atom. The number of carbonyl (C=O) groups is 1. The molecule has 162 valence electrons. The van der Waals surface area contributed by atoms with E-state index in [4.69, 9.17) is 4.74 Å². The van der Waals surface area contributed by atoms with E-state index in [2.05, 4.69) is 4.99 Å². The van der Waals surface area contributed by atoms with Crippen LogP contribution in [0.2, 0.25) is 0 Å². The average molecular weight is 442 g/mol. The Labute approximate surface area is 184 Å². The van der Waals surface area contributed by atoms with Gasteiger partial charge in [-0.1, -0.05) is 24.6 Å². The first kappa shape index (κ1) is 22.4. The Bertz CT molecular complexity index is 1080. The lowest BCUT2D eigenvalue weighted by Crippen LogP contribution is -2.36. The summed E-state index contributed by atoms with van der Waals surface area (Å²) in [5, 5.41) is 21.8. The molecule has 2 aromatic rings. The van der Waals surface area contributed by atoms with Crippen molar-refractivity contribution in [1.29, 1.82) is 0 Å². The Morgan fingerprint density at radius 1 is 1.32 bits per heavy atom. The monoisotopic (exact) mass is 441 g/mol. The Balaban J connectivity index is 2.05. The first-order valence-electron chi connectivity index (χ1n) is 9.69. The van der Waals surface area contributed by atoms with Crippen LogP contribution in [-0.4, -0.2) is 39.2 Å². The van der Waals surface area contributed by atoms with Gasteiger partial charge in [0.25, 0.3) is 5.91 Å². The van der Waals surface area contributed by atoms with Gasteiger partial charge in [-0.25, -0.2) is 4.99 Å². The molecule has 0 saturated carbocycles. The molecule has 2 aromatic carbocycles. The van der Waals surface area contributed by atoms with Gasteiger partial charge in [0, 0.05) is 12.1 Å². The molecule has 1 heterocycles. The average Bonchev–Trinajstić information content (AvgIpc) is 3.04. The van der Waals surface area contributed by atoms with Gasteiger partial charge in [-0.3, -0.25) is 19.8 Å². The number of amides is 1. The van der Waals surface area contributed by atoms with Crippen LogP contribution in [0.25, 0.3) is 6.08 Å². The molecule has 0 bridgehead atoms. The van der Waals surface area contributed by atoms with E-state index in [1.165, 1.54) is 31.0 Å². The topological polar surface area (TPSA) is 105 Å². The number of thioether (sulfide) groups is 1. The number of aromatic hydroxyl groups is 1. The molecule has 0 unspecified atom stereocenters. The van der Waals surface area contributed by atoms with E-state index in [9.17, 15) is 20.0 Å². The largest absolute Gasteiger partial charge is 0.500 e. The van der Waals surface area contributed by atoms with E-state index >= 15 is 0 Å². The van der Waals surface area contributed by atoms with E-state index in [0.717, 1.165) is 17.7 Å². The summed E-state index contributed by atoms with van der Waals surface area (Å²) in [6, 6.07) is 10.3. The number of methoxy groups -OCH3 is 1. The lowest BCUT2D eigenvalue weighted by Gasteiger charge is -2.22. The van der Waals surface area contributed by atoms with Crippen LogP contribution in [0.3, 0.4) is 0 Å². The number of phenols is 1. The van der Waals surface area contributed by atoms with Gasteiger partial charge in [-0.15, -0.1) is 0 Å². The number of carbonyl (C=O) groups excluding carboxylic acids is 1. The Kier molecular flexibility index (Phi) is 6.65. The number of hydrogen-bond donors (Lipinski definition) is 1. The first-order valence-corrected chi connectivity index (χ1v) is 10.5. The highest BCUT2D eigenvalue weighted by atomic mass is 32.2. The summed E-state index contributed by atoms with van der Waals surface area (Å²) in [7, 11) is 1.31. The van der Waals surface area contributed by atoms with Gasteiger partial charge in [0.15, 0.2) is 10.9 Å². The summed E-state index contributed by atoms with van der Waals surface area (Å²) in [5.74, 6) is -0.813. The maximum atomic E-state index is 13.1. The first-order chi connectivity index (χ1) is 14.7. The summed E-state index contributed by atoms with van der Waals surface area (Å²) in [6.07, 6.45) is 2.29. The minimum atomic E-state index is -0.695. The van der Waals surface area contributed by atoms with Crippen molar-refractivity contribution in [3.05, 3.63) is 62.5 Å². The lowest BCUT2D eigenvalue weighted by atomic mass is 10.1. The summed E-state index contributed by atoms with van der Waals surface area (Å²) in [5.41, 5.74) is 1.73. The number of amidine groups is 1. The van der Waals surface area contributed by atoms with E-state index in [-0.39, 0.29) is 17.7 Å². The number of aryl methyl sites for hydroxylation is 1. The molecule has 1 aliphatic rings. The van der Waals surface area contributed by atoms with Crippen molar-refractivity contribution in [3.8, 4) is 11.5 Å². The van der Waals surface area contributed by atoms with Crippen molar-refractivity contribution in [2.24, 2.45) is 4.99 Å². The zero-order valence-corrected chi connectivity index (χ0v) is 18.5.